The van der Waals surface area contributed by atoms with Gasteiger partial charge in [-0.15, -0.1) is 0 Å². The number of amides is 1. The van der Waals surface area contributed by atoms with Gasteiger partial charge in [-0.05, 0) is 48.9 Å². The molecule has 0 radical (unpaired) electrons. The molecule has 0 spiro atoms. The van der Waals surface area contributed by atoms with Crippen LogP contribution in [0.4, 0.5) is 5.82 Å². The summed E-state index contributed by atoms with van der Waals surface area (Å²) in [7, 11) is 4.15. The van der Waals surface area contributed by atoms with Crippen molar-refractivity contribution in [3.8, 4) is 0 Å². The van der Waals surface area contributed by atoms with Crippen molar-refractivity contribution in [2.45, 2.75) is 31.2 Å². The van der Waals surface area contributed by atoms with E-state index in [1.807, 2.05) is 0 Å². The smallest absolute Gasteiger partial charge is 0.255 e. The lowest BCUT2D eigenvalue weighted by atomic mass is 9.96. The molecular formula is C14H22BrN5O. The van der Waals surface area contributed by atoms with Crippen molar-refractivity contribution in [3.63, 3.8) is 0 Å². The zero-order valence-corrected chi connectivity index (χ0v) is 14.0. The molecule has 0 unspecified atom stereocenters. The van der Waals surface area contributed by atoms with Gasteiger partial charge in [0, 0.05) is 22.8 Å². The molecule has 21 heavy (non-hydrogen) atoms. The Morgan fingerprint density at radius 2 is 2.14 bits per heavy atom. The van der Waals surface area contributed by atoms with Crippen LogP contribution in [0.25, 0.3) is 0 Å². The predicted octanol–water partition coefficient (Wildman–Crippen LogP) is 1.73. The lowest BCUT2D eigenvalue weighted by Crippen LogP contribution is -2.50. The Morgan fingerprint density at radius 3 is 2.71 bits per heavy atom. The molecule has 0 saturated heterocycles. The first-order chi connectivity index (χ1) is 9.98. The second-order valence-corrected chi connectivity index (χ2v) is 6.62. The van der Waals surface area contributed by atoms with Crippen LogP contribution < -0.4 is 16.6 Å². The Morgan fingerprint density at radius 1 is 1.48 bits per heavy atom. The molecule has 1 aliphatic carbocycles. The van der Waals surface area contributed by atoms with Gasteiger partial charge in [-0.3, -0.25) is 4.79 Å². The second-order valence-electron chi connectivity index (χ2n) is 5.70. The number of likely N-dealkylation sites (N-methyl/N-ethyl adjacent to an activating group) is 1. The van der Waals surface area contributed by atoms with Crippen LogP contribution in [-0.2, 0) is 0 Å². The molecular weight excluding hydrogens is 334 g/mol. The molecule has 4 N–H and O–H groups in total. The molecule has 0 aliphatic heterocycles. The second kappa shape index (κ2) is 6.72. The number of nitrogens with one attached hydrogen (secondary N) is 2. The third-order valence-corrected chi connectivity index (χ3v) is 4.73. The first-order valence-electron chi connectivity index (χ1n) is 7.06. The maximum absolute atomic E-state index is 12.4. The van der Waals surface area contributed by atoms with Crippen LogP contribution in [0.3, 0.4) is 0 Å². The number of carbonyl (C=O) groups excluding carboxylic acids is 1. The summed E-state index contributed by atoms with van der Waals surface area (Å²) < 4.78 is 0.745. The van der Waals surface area contributed by atoms with E-state index >= 15 is 0 Å². The van der Waals surface area contributed by atoms with Gasteiger partial charge in [0.25, 0.3) is 5.91 Å². The number of halogens is 1. The molecule has 1 aromatic rings. The van der Waals surface area contributed by atoms with Gasteiger partial charge in [0.2, 0.25) is 0 Å². The normalized spacial score (nSPS) is 17.0. The highest BCUT2D eigenvalue weighted by Gasteiger charge is 2.36. The lowest BCUT2D eigenvalue weighted by molar-refractivity contribution is 0.0900. The minimum absolute atomic E-state index is 0.0609. The van der Waals surface area contributed by atoms with Crippen molar-refractivity contribution in [1.29, 1.82) is 0 Å². The first kappa shape index (κ1) is 16.2. The number of hydrogen-bond acceptors (Lipinski definition) is 5. The van der Waals surface area contributed by atoms with E-state index in [1.165, 1.54) is 12.8 Å². The van der Waals surface area contributed by atoms with Gasteiger partial charge in [-0.1, -0.05) is 12.8 Å². The number of nitrogens with two attached hydrogens (primary N) is 1. The minimum Gasteiger partial charge on any atom is -0.350 e. The van der Waals surface area contributed by atoms with Crippen LogP contribution in [0.5, 0.6) is 0 Å². The van der Waals surface area contributed by atoms with E-state index in [2.05, 4.69) is 50.7 Å². The number of pyridine rings is 1. The molecule has 116 valence electrons. The molecule has 0 aromatic carbocycles. The highest BCUT2D eigenvalue weighted by molar-refractivity contribution is 9.10. The standard InChI is InChI=1S/C14H22BrN5O/c1-20(2)14(5-3-4-6-14)9-18-13(21)11-7-10(15)8-17-12(11)19-16/h7-8H,3-6,9,16H2,1-2H3,(H,17,19)(H,18,21). The van der Waals surface area contributed by atoms with Gasteiger partial charge in [0.15, 0.2) is 5.82 Å². The fraction of sp³-hybridized carbons (Fsp3) is 0.571. The molecule has 1 fully saturated rings. The molecule has 0 bridgehead atoms. The van der Waals surface area contributed by atoms with Gasteiger partial charge >= 0.3 is 0 Å². The quantitative estimate of drug-likeness (QED) is 0.553. The average molecular weight is 356 g/mol. The van der Waals surface area contributed by atoms with Crippen LogP contribution >= 0.6 is 15.9 Å². The number of nitrogens with zero attached hydrogens (tertiary/aromatic N) is 2. The number of carbonyl (C=O) groups is 1. The third-order valence-electron chi connectivity index (χ3n) is 4.30. The molecule has 1 amide bonds. The van der Waals surface area contributed by atoms with Gasteiger partial charge < -0.3 is 15.6 Å². The Balaban J connectivity index is 2.10. The van der Waals surface area contributed by atoms with Crippen LogP contribution in [-0.4, -0.2) is 42.0 Å². The van der Waals surface area contributed by atoms with Crippen molar-refractivity contribution >= 4 is 27.7 Å². The third kappa shape index (κ3) is 3.53. The van der Waals surface area contributed by atoms with E-state index in [1.54, 1.807) is 12.3 Å². The molecule has 1 aliphatic rings. The van der Waals surface area contributed by atoms with Crippen LogP contribution in [0, 0.1) is 0 Å². The maximum atomic E-state index is 12.4. The fourth-order valence-electron chi connectivity index (χ4n) is 2.88. The molecule has 6 nitrogen and oxygen atoms in total. The summed E-state index contributed by atoms with van der Waals surface area (Å²) in [4.78, 5) is 18.7. The number of hydrogen-bond donors (Lipinski definition) is 3. The fourth-order valence-corrected chi connectivity index (χ4v) is 3.21. The van der Waals surface area contributed by atoms with E-state index < -0.39 is 0 Å². The predicted molar refractivity (Wildman–Crippen MR) is 87.0 cm³/mol. The molecule has 2 rings (SSSR count). The summed E-state index contributed by atoms with van der Waals surface area (Å²) >= 11 is 3.33. The van der Waals surface area contributed by atoms with Crippen LogP contribution in [0.2, 0.25) is 0 Å². The summed E-state index contributed by atoms with van der Waals surface area (Å²) in [6.07, 6.45) is 6.24. The summed E-state index contributed by atoms with van der Waals surface area (Å²) in [5.74, 6) is 5.63. The first-order valence-corrected chi connectivity index (χ1v) is 7.85. The zero-order chi connectivity index (χ0) is 15.5. The zero-order valence-electron chi connectivity index (χ0n) is 12.4. The molecule has 1 heterocycles. The number of anilines is 1. The minimum atomic E-state index is -0.162. The van der Waals surface area contributed by atoms with Gasteiger partial charge in [0.1, 0.15) is 0 Å². The summed E-state index contributed by atoms with van der Waals surface area (Å²) in [6.45, 7) is 0.634. The van der Waals surface area contributed by atoms with Crippen molar-refractivity contribution in [1.82, 2.24) is 15.2 Å². The Bertz CT molecular complexity index is 514. The van der Waals surface area contributed by atoms with E-state index in [9.17, 15) is 4.79 Å². The average Bonchev–Trinajstić information content (AvgIpc) is 2.95. The summed E-state index contributed by atoms with van der Waals surface area (Å²) in [6, 6.07) is 1.72. The van der Waals surface area contributed by atoms with Gasteiger partial charge in [-0.25, -0.2) is 10.8 Å². The van der Waals surface area contributed by atoms with E-state index in [0.717, 1.165) is 17.3 Å². The van der Waals surface area contributed by atoms with Crippen molar-refractivity contribution in [3.05, 3.63) is 22.3 Å². The van der Waals surface area contributed by atoms with E-state index in [4.69, 9.17) is 5.84 Å². The number of hydrazine groups is 1. The number of aromatic nitrogens is 1. The lowest BCUT2D eigenvalue weighted by Gasteiger charge is -2.36. The Kier molecular flexibility index (Phi) is 5.18. The van der Waals surface area contributed by atoms with Crippen molar-refractivity contribution in [2.75, 3.05) is 26.1 Å². The van der Waals surface area contributed by atoms with Crippen LogP contribution in [0.1, 0.15) is 36.0 Å². The SMILES string of the molecule is CN(C)C1(CNC(=O)c2cc(Br)cnc2NN)CCCC1. The summed E-state index contributed by atoms with van der Waals surface area (Å²) in [5.41, 5.74) is 2.96. The molecule has 0 atom stereocenters. The topological polar surface area (TPSA) is 83.3 Å². The number of nitrogen functional groups attached to an aromatic ring is 1. The van der Waals surface area contributed by atoms with E-state index in [-0.39, 0.29) is 11.4 Å². The van der Waals surface area contributed by atoms with Crippen LogP contribution in [0.15, 0.2) is 16.7 Å². The van der Waals surface area contributed by atoms with Crippen molar-refractivity contribution in [2.24, 2.45) is 5.84 Å². The molecule has 1 saturated carbocycles. The van der Waals surface area contributed by atoms with Gasteiger partial charge in [0.05, 0.1) is 5.56 Å². The molecule has 1 aromatic heterocycles. The Labute approximate surface area is 133 Å². The van der Waals surface area contributed by atoms with E-state index in [0.29, 0.717) is 17.9 Å². The maximum Gasteiger partial charge on any atom is 0.255 e. The summed E-state index contributed by atoms with van der Waals surface area (Å²) in [5, 5.41) is 3.03. The monoisotopic (exact) mass is 355 g/mol. The highest BCUT2D eigenvalue weighted by atomic mass is 79.9. The van der Waals surface area contributed by atoms with Crippen molar-refractivity contribution < 1.29 is 4.79 Å². The largest absolute Gasteiger partial charge is 0.350 e. The Hall–Kier alpha value is -1.18. The molecule has 7 heteroatoms. The highest BCUT2D eigenvalue weighted by Crippen LogP contribution is 2.33. The number of rotatable bonds is 5. The van der Waals surface area contributed by atoms with Gasteiger partial charge in [-0.2, -0.15) is 0 Å².